The minimum Gasteiger partial charge on any atom is -0.467 e. The Balaban J connectivity index is 2.08. The van der Waals surface area contributed by atoms with Crippen molar-refractivity contribution in [1.29, 1.82) is 5.26 Å². The molecule has 1 aliphatic heterocycles. The van der Waals surface area contributed by atoms with Gasteiger partial charge in [0.25, 0.3) is 0 Å². The second kappa shape index (κ2) is 6.66. The van der Waals surface area contributed by atoms with Crippen molar-refractivity contribution in [1.82, 2.24) is 4.90 Å². The lowest BCUT2D eigenvalue weighted by molar-refractivity contribution is -0.166. The van der Waals surface area contributed by atoms with Gasteiger partial charge in [0.05, 0.1) is 24.8 Å². The molecule has 0 radical (unpaired) electrons. The van der Waals surface area contributed by atoms with E-state index in [1.165, 1.54) is 13.2 Å². The number of esters is 1. The fourth-order valence-electron chi connectivity index (χ4n) is 2.42. The third-order valence-corrected chi connectivity index (χ3v) is 3.38. The van der Waals surface area contributed by atoms with Crippen LogP contribution in [0.5, 0.6) is 0 Å². The van der Waals surface area contributed by atoms with Crippen molar-refractivity contribution in [2.75, 3.05) is 20.2 Å². The summed E-state index contributed by atoms with van der Waals surface area (Å²) < 4.78 is 24.1. The van der Waals surface area contributed by atoms with Gasteiger partial charge in [0.15, 0.2) is 6.10 Å². The molecule has 2 rings (SSSR count). The van der Waals surface area contributed by atoms with Crippen LogP contribution in [-0.4, -0.2) is 43.3 Å². The molecule has 0 aliphatic carbocycles. The van der Waals surface area contributed by atoms with Crippen LogP contribution in [0.2, 0.25) is 0 Å². The number of ether oxygens (including phenoxy) is 2. The first kappa shape index (κ1) is 15.4. The van der Waals surface area contributed by atoms with Crippen molar-refractivity contribution in [3.05, 3.63) is 35.1 Å². The summed E-state index contributed by atoms with van der Waals surface area (Å²) in [5, 5.41) is 8.74. The number of carbonyl (C=O) groups excluding carboxylic acids is 1. The highest BCUT2D eigenvalue weighted by atomic mass is 19.1. The Kier molecular flexibility index (Phi) is 4.89. The van der Waals surface area contributed by atoms with E-state index in [1.807, 2.05) is 17.9 Å². The summed E-state index contributed by atoms with van der Waals surface area (Å²) in [6.45, 7) is 3.18. The molecule has 112 valence electrons. The standard InChI is InChI=1S/C15H17FN2O3/c1-10-7-18(9-14(21-10)15(19)20-2)8-12-4-3-11(6-17)5-13(12)16/h3-5,10,14H,7-9H2,1-2H3/t10-,14-/m1/s1. The first-order valence-electron chi connectivity index (χ1n) is 6.67. The number of halogens is 1. The summed E-state index contributed by atoms with van der Waals surface area (Å²) in [4.78, 5) is 13.5. The van der Waals surface area contributed by atoms with E-state index in [1.54, 1.807) is 12.1 Å². The van der Waals surface area contributed by atoms with Crippen LogP contribution in [-0.2, 0) is 20.8 Å². The summed E-state index contributed by atoms with van der Waals surface area (Å²) in [5.41, 5.74) is 0.783. The minimum atomic E-state index is -0.653. The SMILES string of the molecule is COC(=O)[C@H]1CN(Cc2ccc(C#N)cc2F)C[C@@H](C)O1. The van der Waals surface area contributed by atoms with Crippen LogP contribution < -0.4 is 0 Å². The molecule has 1 aliphatic rings. The number of carbonyl (C=O) groups is 1. The Labute approximate surface area is 122 Å². The van der Waals surface area contributed by atoms with E-state index in [4.69, 9.17) is 10.00 Å². The van der Waals surface area contributed by atoms with Crippen LogP contribution >= 0.6 is 0 Å². The largest absolute Gasteiger partial charge is 0.467 e. The first-order chi connectivity index (χ1) is 10.0. The predicted molar refractivity (Wildman–Crippen MR) is 72.7 cm³/mol. The zero-order valence-corrected chi connectivity index (χ0v) is 12.0. The van der Waals surface area contributed by atoms with Crippen molar-refractivity contribution in [2.45, 2.75) is 25.7 Å². The second-order valence-electron chi connectivity index (χ2n) is 5.07. The van der Waals surface area contributed by atoms with Gasteiger partial charge in [-0.15, -0.1) is 0 Å². The fraction of sp³-hybridized carbons (Fsp3) is 0.467. The van der Waals surface area contributed by atoms with Gasteiger partial charge < -0.3 is 9.47 Å². The third-order valence-electron chi connectivity index (χ3n) is 3.38. The summed E-state index contributed by atoms with van der Waals surface area (Å²) in [7, 11) is 1.32. The van der Waals surface area contributed by atoms with Gasteiger partial charge in [-0.2, -0.15) is 5.26 Å². The Morgan fingerprint density at radius 2 is 2.33 bits per heavy atom. The van der Waals surface area contributed by atoms with E-state index < -0.39 is 17.9 Å². The van der Waals surface area contributed by atoms with Crippen molar-refractivity contribution in [3.63, 3.8) is 0 Å². The quantitative estimate of drug-likeness (QED) is 0.789. The van der Waals surface area contributed by atoms with Crippen LogP contribution in [0.25, 0.3) is 0 Å². The van der Waals surface area contributed by atoms with Crippen LogP contribution in [0, 0.1) is 17.1 Å². The first-order valence-corrected chi connectivity index (χ1v) is 6.67. The number of benzene rings is 1. The van der Waals surface area contributed by atoms with Crippen LogP contribution in [0.1, 0.15) is 18.1 Å². The van der Waals surface area contributed by atoms with Gasteiger partial charge in [0, 0.05) is 25.2 Å². The zero-order chi connectivity index (χ0) is 15.4. The van der Waals surface area contributed by atoms with Gasteiger partial charge in [0.2, 0.25) is 0 Å². The number of hydrogen-bond acceptors (Lipinski definition) is 5. The minimum absolute atomic E-state index is 0.135. The maximum Gasteiger partial charge on any atom is 0.336 e. The highest BCUT2D eigenvalue weighted by molar-refractivity contribution is 5.75. The molecule has 1 heterocycles. The molecule has 1 aromatic carbocycles. The molecule has 0 bridgehead atoms. The number of methoxy groups -OCH3 is 1. The van der Waals surface area contributed by atoms with Gasteiger partial charge in [-0.3, -0.25) is 4.90 Å². The lowest BCUT2D eigenvalue weighted by Gasteiger charge is -2.35. The van der Waals surface area contributed by atoms with E-state index in [-0.39, 0.29) is 6.10 Å². The maximum absolute atomic E-state index is 13.9. The fourth-order valence-corrected chi connectivity index (χ4v) is 2.42. The molecule has 1 fully saturated rings. The molecule has 0 amide bonds. The normalized spacial score (nSPS) is 22.6. The average molecular weight is 292 g/mol. The maximum atomic E-state index is 13.9. The van der Waals surface area contributed by atoms with E-state index in [0.29, 0.717) is 30.8 Å². The zero-order valence-electron chi connectivity index (χ0n) is 12.0. The third kappa shape index (κ3) is 3.78. The van der Waals surface area contributed by atoms with Crippen LogP contribution in [0.4, 0.5) is 4.39 Å². The summed E-state index contributed by atoms with van der Waals surface area (Å²) >= 11 is 0. The molecule has 2 atom stereocenters. The Morgan fingerprint density at radius 3 is 2.95 bits per heavy atom. The van der Waals surface area contributed by atoms with Crippen LogP contribution in [0.15, 0.2) is 18.2 Å². The molecule has 1 saturated heterocycles. The van der Waals surface area contributed by atoms with Crippen molar-refractivity contribution >= 4 is 5.97 Å². The van der Waals surface area contributed by atoms with Gasteiger partial charge in [0.1, 0.15) is 5.82 Å². The van der Waals surface area contributed by atoms with Crippen molar-refractivity contribution in [3.8, 4) is 6.07 Å². The summed E-state index contributed by atoms with van der Waals surface area (Å²) in [6, 6.07) is 6.30. The Hall–Kier alpha value is -1.97. The highest BCUT2D eigenvalue weighted by Crippen LogP contribution is 2.18. The predicted octanol–water partition coefficient (Wildman–Crippen LogP) is 1.46. The number of nitriles is 1. The molecule has 0 N–H and O–H groups in total. The molecule has 6 heteroatoms. The lowest BCUT2D eigenvalue weighted by Crippen LogP contribution is -2.49. The van der Waals surface area contributed by atoms with Crippen molar-refractivity contribution < 1.29 is 18.7 Å². The Morgan fingerprint density at radius 1 is 1.57 bits per heavy atom. The number of hydrogen-bond donors (Lipinski definition) is 0. The molecule has 0 unspecified atom stereocenters. The molecule has 0 spiro atoms. The lowest BCUT2D eigenvalue weighted by atomic mass is 10.1. The average Bonchev–Trinajstić information content (AvgIpc) is 2.47. The molecule has 0 aromatic heterocycles. The highest BCUT2D eigenvalue weighted by Gasteiger charge is 2.31. The monoisotopic (exact) mass is 292 g/mol. The topological polar surface area (TPSA) is 62.6 Å². The molecule has 1 aromatic rings. The van der Waals surface area contributed by atoms with Gasteiger partial charge >= 0.3 is 5.97 Å². The summed E-state index contributed by atoms with van der Waals surface area (Å²) in [5.74, 6) is -0.838. The second-order valence-corrected chi connectivity index (χ2v) is 5.07. The van der Waals surface area contributed by atoms with Crippen molar-refractivity contribution in [2.24, 2.45) is 0 Å². The van der Waals surface area contributed by atoms with E-state index in [9.17, 15) is 9.18 Å². The molecular weight excluding hydrogens is 275 g/mol. The van der Waals surface area contributed by atoms with Crippen LogP contribution in [0.3, 0.4) is 0 Å². The molecule has 0 saturated carbocycles. The molecule has 21 heavy (non-hydrogen) atoms. The smallest absolute Gasteiger partial charge is 0.336 e. The van der Waals surface area contributed by atoms with Gasteiger partial charge in [-0.25, -0.2) is 9.18 Å². The number of morpholine rings is 1. The van der Waals surface area contributed by atoms with E-state index in [0.717, 1.165) is 0 Å². The van der Waals surface area contributed by atoms with Gasteiger partial charge in [-0.05, 0) is 19.1 Å². The Bertz CT molecular complexity index is 571. The molecular formula is C15H17FN2O3. The van der Waals surface area contributed by atoms with E-state index >= 15 is 0 Å². The number of rotatable bonds is 3. The van der Waals surface area contributed by atoms with Gasteiger partial charge in [-0.1, -0.05) is 6.07 Å². The van der Waals surface area contributed by atoms with E-state index in [2.05, 4.69) is 4.74 Å². The number of nitrogens with zero attached hydrogens (tertiary/aromatic N) is 2. The summed E-state index contributed by atoms with van der Waals surface area (Å²) in [6.07, 6.45) is -0.788. The molecule has 5 nitrogen and oxygen atoms in total.